The van der Waals surface area contributed by atoms with Gasteiger partial charge in [-0.25, -0.2) is 14.2 Å². The summed E-state index contributed by atoms with van der Waals surface area (Å²) in [5.41, 5.74) is 3.75. The minimum absolute atomic E-state index is 0.232. The minimum atomic E-state index is 0.232. The summed E-state index contributed by atoms with van der Waals surface area (Å²) >= 11 is 0. The van der Waals surface area contributed by atoms with Crippen LogP contribution in [0.3, 0.4) is 0 Å². The maximum atomic E-state index is 12.1. The normalized spacial score (nSPS) is 14.0. The van der Waals surface area contributed by atoms with E-state index in [1.54, 1.807) is 6.20 Å². The third-order valence-electron chi connectivity index (χ3n) is 4.70. The number of hydrogen-bond donors (Lipinski definition) is 0. The number of nitrogens with zero attached hydrogens (tertiary/aromatic N) is 5. The number of ketones is 1. The Bertz CT molecular complexity index is 1080. The maximum absolute atomic E-state index is 12.1. The topological polar surface area (TPSA) is 65.1 Å². The van der Waals surface area contributed by atoms with E-state index >= 15 is 0 Å². The van der Waals surface area contributed by atoms with Crippen LogP contribution in [0, 0.1) is 5.92 Å². The third-order valence-corrected chi connectivity index (χ3v) is 4.70. The van der Waals surface area contributed by atoms with E-state index in [2.05, 4.69) is 15.2 Å². The Labute approximate surface area is 150 Å². The summed E-state index contributed by atoms with van der Waals surface area (Å²) in [6.45, 7) is 0. The van der Waals surface area contributed by atoms with Gasteiger partial charge in [-0.3, -0.25) is 4.79 Å². The van der Waals surface area contributed by atoms with Gasteiger partial charge in [0.25, 0.3) is 0 Å². The molecule has 0 unspecified atom stereocenters. The lowest BCUT2D eigenvalue weighted by Gasteiger charge is -2.06. The number of aromatic nitrogens is 5. The fourth-order valence-electron chi connectivity index (χ4n) is 3.16. The summed E-state index contributed by atoms with van der Waals surface area (Å²) in [5, 5.41) is 8.82. The second kappa shape index (κ2) is 5.91. The fourth-order valence-corrected chi connectivity index (χ4v) is 3.16. The van der Waals surface area contributed by atoms with Gasteiger partial charge in [-0.15, -0.1) is 0 Å². The molecule has 1 aliphatic rings. The van der Waals surface area contributed by atoms with Crippen molar-refractivity contribution in [1.29, 1.82) is 0 Å². The van der Waals surface area contributed by atoms with E-state index in [-0.39, 0.29) is 11.7 Å². The van der Waals surface area contributed by atoms with Crippen LogP contribution in [-0.4, -0.2) is 30.2 Å². The van der Waals surface area contributed by atoms with Crippen LogP contribution in [0.4, 0.5) is 0 Å². The number of Topliss-reactive ketones (excluding diaryl/α,β-unsaturated/α-hetero) is 1. The molecule has 3 aromatic heterocycles. The standard InChI is InChI=1S/C20H17N5O/c26-18(15-5-6-15)13-19-22-20-4-1-3-17(25(20)23-19)14-7-9-16(10-8-14)24-12-2-11-21-24/h1-4,7-12,15H,5-6,13H2. The van der Waals surface area contributed by atoms with E-state index in [1.807, 2.05) is 63.9 Å². The highest BCUT2D eigenvalue weighted by Crippen LogP contribution is 2.30. The molecule has 3 heterocycles. The van der Waals surface area contributed by atoms with Crippen molar-refractivity contribution in [1.82, 2.24) is 24.4 Å². The van der Waals surface area contributed by atoms with Crippen LogP contribution in [0.25, 0.3) is 22.6 Å². The first-order chi connectivity index (χ1) is 12.8. The van der Waals surface area contributed by atoms with Crippen molar-refractivity contribution in [3.05, 3.63) is 66.7 Å². The number of carbonyl (C=O) groups is 1. The Morgan fingerprint density at radius 3 is 2.65 bits per heavy atom. The molecule has 6 heteroatoms. The van der Waals surface area contributed by atoms with Gasteiger partial charge in [0.2, 0.25) is 0 Å². The van der Waals surface area contributed by atoms with Gasteiger partial charge in [-0.05, 0) is 43.2 Å². The molecule has 5 rings (SSSR count). The van der Waals surface area contributed by atoms with Crippen LogP contribution in [0.5, 0.6) is 0 Å². The number of rotatable bonds is 5. The number of pyridine rings is 1. The zero-order valence-corrected chi connectivity index (χ0v) is 14.1. The van der Waals surface area contributed by atoms with E-state index in [0.29, 0.717) is 12.2 Å². The van der Waals surface area contributed by atoms with Gasteiger partial charge in [0.15, 0.2) is 11.5 Å². The fraction of sp³-hybridized carbons (Fsp3) is 0.200. The molecular weight excluding hydrogens is 326 g/mol. The molecule has 0 radical (unpaired) electrons. The van der Waals surface area contributed by atoms with E-state index in [4.69, 9.17) is 0 Å². The maximum Gasteiger partial charge on any atom is 0.159 e. The van der Waals surface area contributed by atoms with Gasteiger partial charge in [0.1, 0.15) is 5.78 Å². The van der Waals surface area contributed by atoms with E-state index in [0.717, 1.165) is 35.4 Å². The van der Waals surface area contributed by atoms with Crippen molar-refractivity contribution < 1.29 is 4.79 Å². The van der Waals surface area contributed by atoms with Gasteiger partial charge in [-0.2, -0.15) is 10.2 Å². The number of benzene rings is 1. The zero-order valence-electron chi connectivity index (χ0n) is 14.1. The number of carbonyl (C=O) groups excluding carboxylic acids is 1. The van der Waals surface area contributed by atoms with Gasteiger partial charge < -0.3 is 0 Å². The lowest BCUT2D eigenvalue weighted by Crippen LogP contribution is -2.06. The molecule has 0 atom stereocenters. The highest BCUT2D eigenvalue weighted by Gasteiger charge is 2.30. The lowest BCUT2D eigenvalue weighted by molar-refractivity contribution is -0.119. The SMILES string of the molecule is O=C(Cc1nc2cccc(-c3ccc(-n4cccn4)cc3)n2n1)C1CC1. The molecule has 0 saturated heterocycles. The molecular formula is C20H17N5O. The molecule has 1 aromatic carbocycles. The summed E-state index contributed by atoms with van der Waals surface area (Å²) in [6.07, 6.45) is 6.02. The largest absolute Gasteiger partial charge is 0.299 e. The van der Waals surface area contributed by atoms with Gasteiger partial charge in [0, 0.05) is 23.9 Å². The molecule has 0 bridgehead atoms. The van der Waals surface area contributed by atoms with Crippen LogP contribution >= 0.6 is 0 Å². The van der Waals surface area contributed by atoms with E-state index in [1.165, 1.54) is 0 Å². The van der Waals surface area contributed by atoms with Gasteiger partial charge in [-0.1, -0.05) is 18.2 Å². The average Bonchev–Trinajstić information content (AvgIpc) is 3.22. The van der Waals surface area contributed by atoms with Crippen LogP contribution in [-0.2, 0) is 11.2 Å². The average molecular weight is 343 g/mol. The second-order valence-electron chi connectivity index (χ2n) is 6.62. The zero-order chi connectivity index (χ0) is 17.5. The molecule has 1 fully saturated rings. The number of hydrogen-bond acceptors (Lipinski definition) is 4. The monoisotopic (exact) mass is 343 g/mol. The smallest absolute Gasteiger partial charge is 0.159 e. The van der Waals surface area contributed by atoms with Crippen molar-refractivity contribution in [3.63, 3.8) is 0 Å². The lowest BCUT2D eigenvalue weighted by atomic mass is 10.1. The third kappa shape index (κ3) is 2.69. The van der Waals surface area contributed by atoms with Crippen LogP contribution < -0.4 is 0 Å². The Hall–Kier alpha value is -3.28. The molecule has 0 amide bonds. The first-order valence-electron chi connectivity index (χ1n) is 8.76. The van der Waals surface area contributed by atoms with Gasteiger partial charge >= 0.3 is 0 Å². The quantitative estimate of drug-likeness (QED) is 0.558. The van der Waals surface area contributed by atoms with Crippen molar-refractivity contribution in [3.8, 4) is 16.9 Å². The molecule has 4 aromatic rings. The first-order valence-corrected chi connectivity index (χ1v) is 8.76. The number of fused-ring (bicyclic) bond motifs is 1. The predicted molar refractivity (Wildman–Crippen MR) is 97.0 cm³/mol. The van der Waals surface area contributed by atoms with Gasteiger partial charge in [0.05, 0.1) is 17.8 Å². The van der Waals surface area contributed by atoms with Crippen LogP contribution in [0.1, 0.15) is 18.7 Å². The van der Waals surface area contributed by atoms with Crippen molar-refractivity contribution >= 4 is 11.4 Å². The molecule has 6 nitrogen and oxygen atoms in total. The van der Waals surface area contributed by atoms with Crippen molar-refractivity contribution in [2.24, 2.45) is 5.92 Å². The van der Waals surface area contributed by atoms with Crippen LogP contribution in [0.15, 0.2) is 60.9 Å². The predicted octanol–water partition coefficient (Wildman–Crippen LogP) is 3.10. The molecule has 0 aliphatic heterocycles. The Kier molecular flexibility index (Phi) is 3.41. The summed E-state index contributed by atoms with van der Waals surface area (Å²) in [7, 11) is 0. The Morgan fingerprint density at radius 1 is 1.08 bits per heavy atom. The molecule has 128 valence electrons. The molecule has 26 heavy (non-hydrogen) atoms. The van der Waals surface area contributed by atoms with Crippen LogP contribution in [0.2, 0.25) is 0 Å². The summed E-state index contributed by atoms with van der Waals surface area (Å²) in [4.78, 5) is 16.6. The van der Waals surface area contributed by atoms with E-state index < -0.39 is 0 Å². The summed E-state index contributed by atoms with van der Waals surface area (Å²) in [5.74, 6) is 1.09. The molecule has 1 aliphatic carbocycles. The molecule has 0 spiro atoms. The summed E-state index contributed by atoms with van der Waals surface area (Å²) in [6, 6.07) is 15.9. The highest BCUT2D eigenvalue weighted by atomic mass is 16.1. The highest BCUT2D eigenvalue weighted by molar-refractivity contribution is 5.84. The second-order valence-corrected chi connectivity index (χ2v) is 6.62. The summed E-state index contributed by atoms with van der Waals surface area (Å²) < 4.78 is 3.64. The Morgan fingerprint density at radius 2 is 1.92 bits per heavy atom. The van der Waals surface area contributed by atoms with Crippen molar-refractivity contribution in [2.45, 2.75) is 19.3 Å². The first kappa shape index (κ1) is 15.0. The molecule has 1 saturated carbocycles. The molecule has 0 N–H and O–H groups in total. The van der Waals surface area contributed by atoms with Crippen molar-refractivity contribution in [2.75, 3.05) is 0 Å². The Balaban J connectivity index is 1.49. The minimum Gasteiger partial charge on any atom is -0.299 e. The van der Waals surface area contributed by atoms with E-state index in [9.17, 15) is 4.79 Å².